The average Bonchev–Trinajstić information content (AvgIpc) is 2.40. The van der Waals surface area contributed by atoms with E-state index >= 15 is 0 Å². The van der Waals surface area contributed by atoms with E-state index in [-0.39, 0.29) is 17.8 Å². The van der Waals surface area contributed by atoms with E-state index in [4.69, 9.17) is 0 Å². The lowest BCUT2D eigenvalue weighted by atomic mass is 10.1. The maximum absolute atomic E-state index is 13.2. The largest absolute Gasteiger partial charge is 0.505 e. The topological polar surface area (TPSA) is 32.3 Å². The highest BCUT2D eigenvalue weighted by atomic mass is 79.9. The summed E-state index contributed by atoms with van der Waals surface area (Å²) in [5, 5.41) is 12.1. The van der Waals surface area contributed by atoms with Crippen LogP contribution in [-0.2, 0) is 12.7 Å². The zero-order chi connectivity index (χ0) is 15.6. The third-order valence-corrected chi connectivity index (χ3v) is 3.32. The molecule has 2 aromatic carbocycles. The third kappa shape index (κ3) is 3.66. The molecule has 0 bridgehead atoms. The van der Waals surface area contributed by atoms with Crippen LogP contribution >= 0.6 is 15.9 Å². The van der Waals surface area contributed by atoms with E-state index in [1.807, 2.05) is 0 Å². The molecule has 0 heterocycles. The van der Waals surface area contributed by atoms with Crippen LogP contribution in [0.25, 0.3) is 0 Å². The molecule has 0 radical (unpaired) electrons. The van der Waals surface area contributed by atoms with Gasteiger partial charge in [0.05, 0.1) is 5.56 Å². The molecule has 2 nitrogen and oxygen atoms in total. The van der Waals surface area contributed by atoms with Crippen molar-refractivity contribution in [3.8, 4) is 5.75 Å². The molecular formula is C14H10BrF4NO. The van der Waals surface area contributed by atoms with Crippen LogP contribution in [0.3, 0.4) is 0 Å². The molecule has 0 atom stereocenters. The second-order valence-corrected chi connectivity index (χ2v) is 5.20. The highest BCUT2D eigenvalue weighted by Crippen LogP contribution is 2.37. The molecule has 2 aromatic rings. The lowest BCUT2D eigenvalue weighted by Crippen LogP contribution is -2.11. The van der Waals surface area contributed by atoms with E-state index in [0.717, 1.165) is 12.1 Å². The van der Waals surface area contributed by atoms with Gasteiger partial charge in [0.25, 0.3) is 0 Å². The molecule has 2 rings (SSSR count). The van der Waals surface area contributed by atoms with E-state index in [9.17, 15) is 22.7 Å². The Bertz CT molecular complexity index is 658. The number of hydrogen-bond acceptors (Lipinski definition) is 2. The van der Waals surface area contributed by atoms with E-state index < -0.39 is 23.3 Å². The van der Waals surface area contributed by atoms with E-state index in [2.05, 4.69) is 21.2 Å². The van der Waals surface area contributed by atoms with Crippen molar-refractivity contribution < 1.29 is 22.7 Å². The Morgan fingerprint density at radius 1 is 1.14 bits per heavy atom. The highest BCUT2D eigenvalue weighted by Gasteiger charge is 2.33. The van der Waals surface area contributed by atoms with Crippen LogP contribution < -0.4 is 5.32 Å². The van der Waals surface area contributed by atoms with Gasteiger partial charge in [-0.25, -0.2) is 4.39 Å². The van der Waals surface area contributed by atoms with Crippen LogP contribution in [-0.4, -0.2) is 5.11 Å². The number of phenolic OH excluding ortho intramolecular Hbond substituents is 1. The first-order valence-corrected chi connectivity index (χ1v) is 6.65. The van der Waals surface area contributed by atoms with Crippen LogP contribution in [0.15, 0.2) is 40.9 Å². The third-order valence-electron chi connectivity index (χ3n) is 2.83. The van der Waals surface area contributed by atoms with Crippen molar-refractivity contribution in [1.29, 1.82) is 0 Å². The molecule has 2 N–H and O–H groups in total. The monoisotopic (exact) mass is 363 g/mol. The summed E-state index contributed by atoms with van der Waals surface area (Å²) in [6.07, 6.45) is -4.52. The van der Waals surface area contributed by atoms with Gasteiger partial charge in [-0.3, -0.25) is 0 Å². The average molecular weight is 364 g/mol. The SMILES string of the molecule is Oc1c(F)cccc1CNc1ccc(Br)cc1C(F)(F)F. The van der Waals surface area contributed by atoms with Gasteiger partial charge in [0.1, 0.15) is 0 Å². The quantitative estimate of drug-likeness (QED) is 0.758. The summed E-state index contributed by atoms with van der Waals surface area (Å²) in [6.45, 7) is -0.131. The van der Waals surface area contributed by atoms with Gasteiger partial charge >= 0.3 is 6.18 Å². The molecule has 0 aromatic heterocycles. The number of para-hydroxylation sites is 1. The molecule has 0 aliphatic heterocycles. The predicted octanol–water partition coefficient (Wildman–Crippen LogP) is 4.92. The van der Waals surface area contributed by atoms with Gasteiger partial charge in [-0.05, 0) is 24.3 Å². The number of alkyl halides is 3. The molecule has 0 amide bonds. The van der Waals surface area contributed by atoms with Crippen LogP contribution in [0.2, 0.25) is 0 Å². The van der Waals surface area contributed by atoms with Gasteiger partial charge in [0.2, 0.25) is 0 Å². The lowest BCUT2D eigenvalue weighted by molar-refractivity contribution is -0.137. The number of aromatic hydroxyl groups is 1. The van der Waals surface area contributed by atoms with Gasteiger partial charge in [-0.1, -0.05) is 28.1 Å². The second-order valence-electron chi connectivity index (χ2n) is 4.29. The Labute approximate surface area is 126 Å². The first kappa shape index (κ1) is 15.6. The Hall–Kier alpha value is -1.76. The zero-order valence-corrected chi connectivity index (χ0v) is 12.1. The molecule has 21 heavy (non-hydrogen) atoms. The molecule has 112 valence electrons. The molecule has 0 saturated heterocycles. The predicted molar refractivity (Wildman–Crippen MR) is 74.5 cm³/mol. The molecule has 0 fully saturated rings. The second kappa shape index (κ2) is 5.93. The normalized spacial score (nSPS) is 11.5. The number of phenols is 1. The maximum atomic E-state index is 13.2. The minimum atomic E-state index is -4.52. The number of halogens is 5. The molecule has 0 aliphatic carbocycles. The van der Waals surface area contributed by atoms with Crippen LogP contribution in [0, 0.1) is 5.82 Å². The first-order valence-electron chi connectivity index (χ1n) is 5.86. The van der Waals surface area contributed by atoms with Crippen LogP contribution in [0.4, 0.5) is 23.2 Å². The molecule has 0 aliphatic rings. The first-order chi connectivity index (χ1) is 9.79. The summed E-state index contributed by atoms with van der Waals surface area (Å²) in [5.74, 6) is -1.39. The van der Waals surface area contributed by atoms with Gasteiger partial charge < -0.3 is 10.4 Å². The summed E-state index contributed by atoms with van der Waals surface area (Å²) >= 11 is 2.99. The number of anilines is 1. The summed E-state index contributed by atoms with van der Waals surface area (Å²) < 4.78 is 52.2. The number of rotatable bonds is 3. The molecule has 7 heteroatoms. The fourth-order valence-corrected chi connectivity index (χ4v) is 2.16. The van der Waals surface area contributed by atoms with Crippen molar-refractivity contribution in [2.75, 3.05) is 5.32 Å². The maximum Gasteiger partial charge on any atom is 0.418 e. The van der Waals surface area contributed by atoms with E-state index in [0.29, 0.717) is 4.47 Å². The van der Waals surface area contributed by atoms with Crippen molar-refractivity contribution >= 4 is 21.6 Å². The number of nitrogens with one attached hydrogen (secondary N) is 1. The van der Waals surface area contributed by atoms with Crippen molar-refractivity contribution in [3.63, 3.8) is 0 Å². The van der Waals surface area contributed by atoms with Gasteiger partial charge in [0, 0.05) is 22.3 Å². The van der Waals surface area contributed by atoms with E-state index in [1.165, 1.54) is 24.3 Å². The number of benzene rings is 2. The fourth-order valence-electron chi connectivity index (χ4n) is 1.80. The van der Waals surface area contributed by atoms with Crippen molar-refractivity contribution in [2.24, 2.45) is 0 Å². The molecular weight excluding hydrogens is 354 g/mol. The van der Waals surface area contributed by atoms with Gasteiger partial charge in [-0.2, -0.15) is 13.2 Å². The van der Waals surface area contributed by atoms with E-state index in [1.54, 1.807) is 0 Å². The summed E-state index contributed by atoms with van der Waals surface area (Å²) in [5.41, 5.74) is -0.812. The standard InChI is InChI=1S/C14H10BrF4NO/c15-9-4-5-12(10(6-9)14(17,18)19)20-7-8-2-1-3-11(16)13(8)21/h1-6,20-21H,7H2. The van der Waals surface area contributed by atoms with Crippen LogP contribution in [0.1, 0.15) is 11.1 Å². The van der Waals surface area contributed by atoms with Gasteiger partial charge in [0.15, 0.2) is 11.6 Å². The van der Waals surface area contributed by atoms with Crippen molar-refractivity contribution in [3.05, 3.63) is 57.8 Å². The smallest absolute Gasteiger partial charge is 0.418 e. The summed E-state index contributed by atoms with van der Waals surface area (Å²) in [6, 6.07) is 7.55. The zero-order valence-electron chi connectivity index (χ0n) is 10.5. The summed E-state index contributed by atoms with van der Waals surface area (Å²) in [4.78, 5) is 0. The Morgan fingerprint density at radius 3 is 2.52 bits per heavy atom. The minimum Gasteiger partial charge on any atom is -0.505 e. The minimum absolute atomic E-state index is 0.131. The fraction of sp³-hybridized carbons (Fsp3) is 0.143. The molecule has 0 spiro atoms. The molecule has 0 saturated carbocycles. The summed E-state index contributed by atoms with van der Waals surface area (Å²) in [7, 11) is 0. The van der Waals surface area contributed by atoms with Crippen molar-refractivity contribution in [1.82, 2.24) is 0 Å². The lowest BCUT2D eigenvalue weighted by Gasteiger charge is -2.15. The van der Waals surface area contributed by atoms with Gasteiger partial charge in [-0.15, -0.1) is 0 Å². The van der Waals surface area contributed by atoms with Crippen LogP contribution in [0.5, 0.6) is 5.75 Å². The molecule has 0 unspecified atom stereocenters. The Kier molecular flexibility index (Phi) is 4.41. The highest BCUT2D eigenvalue weighted by molar-refractivity contribution is 9.10. The number of hydrogen-bond donors (Lipinski definition) is 2. The van der Waals surface area contributed by atoms with Crippen molar-refractivity contribution in [2.45, 2.75) is 12.7 Å². The Morgan fingerprint density at radius 2 is 1.86 bits per heavy atom. The Balaban J connectivity index is 2.26.